The van der Waals surface area contributed by atoms with Gasteiger partial charge in [-0.2, -0.15) is 5.26 Å². The van der Waals surface area contributed by atoms with Gasteiger partial charge in [-0.3, -0.25) is 14.0 Å². The molecule has 0 aromatic heterocycles. The molecule has 0 radical (unpaired) electrons. The number of carbonyl (C=O) groups is 1. The summed E-state index contributed by atoms with van der Waals surface area (Å²) in [7, 11) is -3.33. The Morgan fingerprint density at radius 1 is 1.03 bits per heavy atom. The molecule has 1 amide bonds. The summed E-state index contributed by atoms with van der Waals surface area (Å²) in [5, 5.41) is 9.66. The third-order valence-electron chi connectivity index (χ3n) is 6.01. The molecule has 1 saturated heterocycles. The highest BCUT2D eigenvalue weighted by Crippen LogP contribution is 2.30. The fourth-order valence-electron chi connectivity index (χ4n) is 4.41. The molecule has 7 nitrogen and oxygen atoms in total. The van der Waals surface area contributed by atoms with Gasteiger partial charge in [-0.1, -0.05) is 30.3 Å². The van der Waals surface area contributed by atoms with Crippen molar-refractivity contribution in [2.24, 2.45) is 0 Å². The summed E-state index contributed by atoms with van der Waals surface area (Å²) in [6, 6.07) is 17.1. The van der Waals surface area contributed by atoms with Crippen LogP contribution in [-0.4, -0.2) is 63.1 Å². The average Bonchev–Trinajstić information content (AvgIpc) is 2.79. The van der Waals surface area contributed by atoms with Crippen LogP contribution in [0.25, 0.3) is 0 Å². The first-order chi connectivity index (χ1) is 14.9. The van der Waals surface area contributed by atoms with Crippen molar-refractivity contribution in [3.8, 4) is 6.07 Å². The van der Waals surface area contributed by atoms with E-state index < -0.39 is 10.0 Å². The molecule has 0 aliphatic carbocycles. The van der Waals surface area contributed by atoms with Crippen LogP contribution in [0.4, 0.5) is 5.69 Å². The number of hydrogen-bond donors (Lipinski definition) is 0. The normalized spacial score (nSPS) is 18.2. The minimum Gasteiger partial charge on any atom is -0.336 e. The van der Waals surface area contributed by atoms with Crippen LogP contribution in [0.1, 0.15) is 33.9 Å². The van der Waals surface area contributed by atoms with Gasteiger partial charge in [0.15, 0.2) is 0 Å². The number of anilines is 1. The first kappa shape index (κ1) is 21.3. The Morgan fingerprint density at radius 3 is 2.39 bits per heavy atom. The number of hydrogen-bond acceptors (Lipinski definition) is 5. The highest BCUT2D eigenvalue weighted by atomic mass is 32.2. The van der Waals surface area contributed by atoms with Crippen LogP contribution in [0.5, 0.6) is 0 Å². The summed E-state index contributed by atoms with van der Waals surface area (Å²) in [4.78, 5) is 17.0. The summed E-state index contributed by atoms with van der Waals surface area (Å²) in [5.41, 5.74) is 3.13. The molecule has 2 heterocycles. The Labute approximate surface area is 183 Å². The Bertz CT molecular complexity index is 1100. The standard InChI is InChI=1S/C23H26N4O3S/c1-31(29,30)27-11-5-8-19-16-20(9-10-21(19)27)23(28)26-14-12-25(13-15-26)22(17-24)18-6-3-2-4-7-18/h2-4,6-7,9-10,16,22H,5,8,11-15H2,1H3. The van der Waals surface area contributed by atoms with Crippen LogP contribution in [0.15, 0.2) is 48.5 Å². The van der Waals surface area contributed by atoms with E-state index in [9.17, 15) is 18.5 Å². The molecule has 31 heavy (non-hydrogen) atoms. The lowest BCUT2D eigenvalue weighted by atomic mass is 10.00. The number of amides is 1. The highest BCUT2D eigenvalue weighted by molar-refractivity contribution is 7.92. The fourth-order valence-corrected chi connectivity index (χ4v) is 5.40. The van der Waals surface area contributed by atoms with Gasteiger partial charge in [0, 0.05) is 38.3 Å². The molecule has 0 spiro atoms. The van der Waals surface area contributed by atoms with Gasteiger partial charge in [-0.15, -0.1) is 0 Å². The molecule has 0 N–H and O–H groups in total. The zero-order valence-corrected chi connectivity index (χ0v) is 18.4. The van der Waals surface area contributed by atoms with Crippen molar-refractivity contribution in [2.75, 3.05) is 43.3 Å². The van der Waals surface area contributed by atoms with Gasteiger partial charge in [0.2, 0.25) is 10.0 Å². The number of sulfonamides is 1. The predicted molar refractivity (Wildman–Crippen MR) is 119 cm³/mol. The number of piperazine rings is 1. The molecule has 2 aliphatic heterocycles. The Hall–Kier alpha value is -2.89. The van der Waals surface area contributed by atoms with Gasteiger partial charge in [0.05, 0.1) is 18.0 Å². The van der Waals surface area contributed by atoms with Crippen molar-refractivity contribution in [1.29, 1.82) is 5.26 Å². The SMILES string of the molecule is CS(=O)(=O)N1CCCc2cc(C(=O)N3CCN(C(C#N)c4ccccc4)CC3)ccc21. The number of rotatable bonds is 4. The van der Waals surface area contributed by atoms with Crippen molar-refractivity contribution >= 4 is 21.6 Å². The van der Waals surface area contributed by atoms with E-state index in [0.29, 0.717) is 44.0 Å². The maximum Gasteiger partial charge on any atom is 0.253 e. The molecule has 0 bridgehead atoms. The molecule has 2 aromatic rings. The lowest BCUT2D eigenvalue weighted by Crippen LogP contribution is -2.49. The number of nitriles is 1. The molecular formula is C23H26N4O3S. The van der Waals surface area contributed by atoms with Crippen LogP contribution in [-0.2, 0) is 16.4 Å². The number of nitrogens with zero attached hydrogens (tertiary/aromatic N) is 4. The Balaban J connectivity index is 1.45. The van der Waals surface area contributed by atoms with E-state index in [-0.39, 0.29) is 11.9 Å². The predicted octanol–water partition coefficient (Wildman–Crippen LogP) is 2.42. The summed E-state index contributed by atoms with van der Waals surface area (Å²) in [6.45, 7) is 2.84. The van der Waals surface area contributed by atoms with Crippen LogP contribution in [0.3, 0.4) is 0 Å². The first-order valence-corrected chi connectivity index (χ1v) is 12.3. The summed E-state index contributed by atoms with van der Waals surface area (Å²) >= 11 is 0. The van der Waals surface area contributed by atoms with Crippen LogP contribution in [0, 0.1) is 11.3 Å². The molecule has 0 saturated carbocycles. The number of carbonyl (C=O) groups excluding carboxylic acids is 1. The maximum atomic E-state index is 13.1. The molecule has 2 aromatic carbocycles. The van der Waals surface area contributed by atoms with Crippen LogP contribution >= 0.6 is 0 Å². The third kappa shape index (κ3) is 4.43. The largest absolute Gasteiger partial charge is 0.336 e. The monoisotopic (exact) mass is 438 g/mol. The minimum atomic E-state index is -3.33. The molecular weight excluding hydrogens is 412 g/mol. The molecule has 1 unspecified atom stereocenters. The van der Waals surface area contributed by atoms with Gasteiger partial charge in [-0.05, 0) is 42.2 Å². The van der Waals surface area contributed by atoms with Gasteiger partial charge in [0.1, 0.15) is 6.04 Å². The van der Waals surface area contributed by atoms with Gasteiger partial charge >= 0.3 is 0 Å². The van der Waals surface area contributed by atoms with E-state index in [1.54, 1.807) is 12.1 Å². The summed E-state index contributed by atoms with van der Waals surface area (Å²) in [6.07, 6.45) is 2.72. The van der Waals surface area contributed by atoms with Crippen molar-refractivity contribution in [3.63, 3.8) is 0 Å². The van der Waals surface area contributed by atoms with Gasteiger partial charge in [0.25, 0.3) is 5.91 Å². The average molecular weight is 439 g/mol. The number of fused-ring (bicyclic) bond motifs is 1. The van der Waals surface area contributed by atoms with Crippen molar-refractivity contribution in [2.45, 2.75) is 18.9 Å². The van der Waals surface area contributed by atoms with Gasteiger partial charge in [-0.25, -0.2) is 8.42 Å². The zero-order valence-electron chi connectivity index (χ0n) is 17.6. The second-order valence-corrected chi connectivity index (χ2v) is 9.96. The van der Waals surface area contributed by atoms with Crippen LogP contribution < -0.4 is 4.31 Å². The van der Waals surface area contributed by atoms with Crippen molar-refractivity contribution < 1.29 is 13.2 Å². The molecule has 1 atom stereocenters. The summed E-state index contributed by atoms with van der Waals surface area (Å²) < 4.78 is 25.5. The van der Waals surface area contributed by atoms with E-state index in [1.165, 1.54) is 10.6 Å². The number of aryl methyl sites for hydroxylation is 1. The van der Waals surface area contributed by atoms with Crippen molar-refractivity contribution in [1.82, 2.24) is 9.80 Å². The second kappa shape index (κ2) is 8.69. The first-order valence-electron chi connectivity index (χ1n) is 10.5. The lowest BCUT2D eigenvalue weighted by Gasteiger charge is -2.37. The highest BCUT2D eigenvalue weighted by Gasteiger charge is 2.29. The Kier molecular flexibility index (Phi) is 5.99. The van der Waals surface area contributed by atoms with Gasteiger partial charge < -0.3 is 4.90 Å². The van der Waals surface area contributed by atoms with E-state index >= 15 is 0 Å². The van der Waals surface area contributed by atoms with Crippen molar-refractivity contribution in [3.05, 3.63) is 65.2 Å². The second-order valence-electron chi connectivity index (χ2n) is 8.05. The zero-order chi connectivity index (χ0) is 22.0. The van der Waals surface area contributed by atoms with Crippen LogP contribution in [0.2, 0.25) is 0 Å². The number of benzene rings is 2. The van der Waals surface area contributed by atoms with E-state index in [1.807, 2.05) is 41.3 Å². The topological polar surface area (TPSA) is 84.7 Å². The quantitative estimate of drug-likeness (QED) is 0.732. The molecule has 2 aliphatic rings. The molecule has 8 heteroatoms. The third-order valence-corrected chi connectivity index (χ3v) is 7.19. The summed E-state index contributed by atoms with van der Waals surface area (Å²) in [5.74, 6) is -0.0489. The maximum absolute atomic E-state index is 13.1. The molecule has 4 rings (SSSR count). The van der Waals surface area contributed by atoms with E-state index in [4.69, 9.17) is 0 Å². The van der Waals surface area contributed by atoms with E-state index in [2.05, 4.69) is 11.0 Å². The molecule has 1 fully saturated rings. The van der Waals surface area contributed by atoms with E-state index in [0.717, 1.165) is 24.0 Å². The Morgan fingerprint density at radius 2 is 1.74 bits per heavy atom. The fraction of sp³-hybridized carbons (Fsp3) is 0.391. The molecule has 162 valence electrons. The minimum absolute atomic E-state index is 0.0489. The smallest absolute Gasteiger partial charge is 0.253 e. The lowest BCUT2D eigenvalue weighted by molar-refractivity contribution is 0.0606.